The summed E-state index contributed by atoms with van der Waals surface area (Å²) in [6, 6.07) is 13.4. The van der Waals surface area contributed by atoms with E-state index in [9.17, 15) is 4.79 Å². The van der Waals surface area contributed by atoms with Crippen LogP contribution in [0.2, 0.25) is 0 Å². The van der Waals surface area contributed by atoms with Gasteiger partial charge < -0.3 is 14.5 Å². The minimum atomic E-state index is -0.454. The number of hydrogen-bond donors (Lipinski definition) is 2. The molecule has 0 saturated carbocycles. The van der Waals surface area contributed by atoms with Crippen molar-refractivity contribution < 1.29 is 9.15 Å². The Morgan fingerprint density at radius 3 is 3.04 bits per heavy atom. The topological polar surface area (TPSA) is 80.1 Å². The van der Waals surface area contributed by atoms with E-state index in [0.717, 1.165) is 27.7 Å². The number of hydrogen-bond acceptors (Lipinski definition) is 6. The van der Waals surface area contributed by atoms with E-state index in [-0.39, 0.29) is 0 Å². The van der Waals surface area contributed by atoms with Crippen LogP contribution in [0.25, 0.3) is 22.4 Å². The van der Waals surface area contributed by atoms with Crippen molar-refractivity contribution in [1.82, 2.24) is 9.97 Å². The maximum Gasteiger partial charge on any atom is 0.417 e. The maximum absolute atomic E-state index is 11.3. The molecule has 0 unspecified atom stereocenters. The number of oxazole rings is 1. The Morgan fingerprint density at radius 2 is 2.16 bits per heavy atom. The van der Waals surface area contributed by atoms with Crippen molar-refractivity contribution in [1.29, 1.82) is 0 Å². The van der Waals surface area contributed by atoms with Gasteiger partial charge in [0, 0.05) is 23.1 Å². The van der Waals surface area contributed by atoms with E-state index in [1.807, 2.05) is 47.8 Å². The minimum absolute atomic E-state index is 0.454. The van der Waals surface area contributed by atoms with Crippen LogP contribution in [0.3, 0.4) is 0 Å². The molecule has 0 saturated heterocycles. The summed E-state index contributed by atoms with van der Waals surface area (Å²) < 4.78 is 10.5. The van der Waals surface area contributed by atoms with Crippen LogP contribution in [0, 0.1) is 0 Å². The second-order valence-corrected chi connectivity index (χ2v) is 6.29. The number of benzene rings is 2. The molecule has 0 spiro atoms. The number of rotatable bonds is 5. The van der Waals surface area contributed by atoms with Crippen LogP contribution < -0.4 is 15.8 Å². The van der Waals surface area contributed by atoms with Crippen molar-refractivity contribution in [3.63, 3.8) is 0 Å². The Kier molecular flexibility index (Phi) is 3.99. The highest BCUT2D eigenvalue weighted by atomic mass is 32.1. The largest absolute Gasteiger partial charge is 0.496 e. The summed E-state index contributed by atoms with van der Waals surface area (Å²) in [5.41, 5.74) is 4.00. The number of ether oxygens (including phenoxy) is 1. The zero-order valence-electron chi connectivity index (χ0n) is 13.4. The van der Waals surface area contributed by atoms with Gasteiger partial charge in [-0.2, -0.15) is 0 Å². The van der Waals surface area contributed by atoms with Crippen LogP contribution in [-0.2, 0) is 6.54 Å². The number of thiazole rings is 1. The first-order valence-electron chi connectivity index (χ1n) is 7.67. The molecule has 0 amide bonds. The van der Waals surface area contributed by atoms with E-state index >= 15 is 0 Å². The molecule has 0 bridgehead atoms. The lowest BCUT2D eigenvalue weighted by Gasteiger charge is -2.08. The standard InChI is InChI=1S/C18H15N3O3S/c1-23-15-5-3-2-4-12(15)9-19-17-20-14(10-25-17)11-6-7-13-16(8-11)24-18(22)21-13/h2-8,10H,9H2,1H3,(H,19,20)(H,21,22). The van der Waals surface area contributed by atoms with Gasteiger partial charge in [-0.1, -0.05) is 24.3 Å². The molecular formula is C18H15N3O3S. The molecule has 7 heteroatoms. The van der Waals surface area contributed by atoms with Gasteiger partial charge in [0.1, 0.15) is 5.75 Å². The van der Waals surface area contributed by atoms with E-state index in [1.165, 1.54) is 11.3 Å². The molecule has 2 N–H and O–H groups in total. The Labute approximate surface area is 147 Å². The van der Waals surface area contributed by atoms with E-state index in [1.54, 1.807) is 7.11 Å². The van der Waals surface area contributed by atoms with Crippen LogP contribution in [-0.4, -0.2) is 17.1 Å². The predicted octanol–water partition coefficient (Wildman–Crippen LogP) is 3.87. The third kappa shape index (κ3) is 3.14. The molecule has 0 aliphatic heterocycles. The lowest BCUT2D eigenvalue weighted by Crippen LogP contribution is -2.01. The van der Waals surface area contributed by atoms with Crippen molar-refractivity contribution in [2.45, 2.75) is 6.54 Å². The monoisotopic (exact) mass is 353 g/mol. The normalized spacial score (nSPS) is 10.9. The van der Waals surface area contributed by atoms with E-state index in [2.05, 4.69) is 15.3 Å². The Bertz CT molecular complexity index is 1080. The summed E-state index contributed by atoms with van der Waals surface area (Å²) in [5, 5.41) is 6.10. The summed E-state index contributed by atoms with van der Waals surface area (Å²) in [7, 11) is 1.66. The van der Waals surface area contributed by atoms with Gasteiger partial charge in [0.2, 0.25) is 0 Å². The zero-order chi connectivity index (χ0) is 17.2. The van der Waals surface area contributed by atoms with Crippen molar-refractivity contribution in [2.75, 3.05) is 12.4 Å². The molecule has 4 aromatic rings. The van der Waals surface area contributed by atoms with Crippen molar-refractivity contribution in [3.8, 4) is 17.0 Å². The quantitative estimate of drug-likeness (QED) is 0.569. The highest BCUT2D eigenvalue weighted by Gasteiger charge is 2.08. The first kappa shape index (κ1) is 15.5. The number of aromatic amines is 1. The third-order valence-electron chi connectivity index (χ3n) is 3.84. The van der Waals surface area contributed by atoms with Crippen LogP contribution in [0.15, 0.2) is 57.1 Å². The first-order valence-corrected chi connectivity index (χ1v) is 8.55. The number of nitrogens with zero attached hydrogens (tertiary/aromatic N) is 1. The SMILES string of the molecule is COc1ccccc1CNc1nc(-c2ccc3[nH]c(=O)oc3c2)cs1. The van der Waals surface area contributed by atoms with Gasteiger partial charge >= 0.3 is 5.76 Å². The van der Waals surface area contributed by atoms with Gasteiger partial charge in [0.15, 0.2) is 10.7 Å². The molecule has 2 aromatic carbocycles. The predicted molar refractivity (Wildman–Crippen MR) is 98.3 cm³/mol. The summed E-state index contributed by atoms with van der Waals surface area (Å²) in [6.07, 6.45) is 0. The van der Waals surface area contributed by atoms with Gasteiger partial charge in [-0.15, -0.1) is 11.3 Å². The number of anilines is 1. The number of methoxy groups -OCH3 is 1. The molecule has 25 heavy (non-hydrogen) atoms. The average Bonchev–Trinajstić information content (AvgIpc) is 3.25. The molecule has 0 fully saturated rings. The zero-order valence-corrected chi connectivity index (χ0v) is 14.2. The summed E-state index contributed by atoms with van der Waals surface area (Å²) in [5.74, 6) is 0.393. The molecule has 0 aliphatic rings. The summed E-state index contributed by atoms with van der Waals surface area (Å²) >= 11 is 1.52. The fourth-order valence-electron chi connectivity index (χ4n) is 2.61. The van der Waals surface area contributed by atoms with Gasteiger partial charge in [-0.25, -0.2) is 9.78 Å². The fraction of sp³-hybridized carbons (Fsp3) is 0.111. The van der Waals surface area contributed by atoms with Gasteiger partial charge in [0.25, 0.3) is 0 Å². The Hall–Kier alpha value is -3.06. The molecule has 126 valence electrons. The molecule has 0 aliphatic carbocycles. The summed E-state index contributed by atoms with van der Waals surface area (Å²) in [4.78, 5) is 18.5. The number of fused-ring (bicyclic) bond motifs is 1. The molecule has 4 rings (SSSR count). The fourth-order valence-corrected chi connectivity index (χ4v) is 3.33. The van der Waals surface area contributed by atoms with Crippen LogP contribution in [0.1, 0.15) is 5.56 Å². The minimum Gasteiger partial charge on any atom is -0.496 e. The number of para-hydroxylation sites is 1. The lowest BCUT2D eigenvalue weighted by atomic mass is 10.1. The van der Waals surface area contributed by atoms with Crippen LogP contribution in [0.5, 0.6) is 5.75 Å². The molecule has 0 radical (unpaired) electrons. The molecular weight excluding hydrogens is 338 g/mol. The first-order chi connectivity index (χ1) is 12.2. The van der Waals surface area contributed by atoms with Crippen molar-refractivity contribution >= 4 is 27.6 Å². The van der Waals surface area contributed by atoms with Gasteiger partial charge in [-0.3, -0.25) is 4.98 Å². The maximum atomic E-state index is 11.3. The number of nitrogens with one attached hydrogen (secondary N) is 2. The lowest BCUT2D eigenvalue weighted by molar-refractivity contribution is 0.410. The number of H-pyrrole nitrogens is 1. The van der Waals surface area contributed by atoms with E-state index in [4.69, 9.17) is 9.15 Å². The van der Waals surface area contributed by atoms with Crippen molar-refractivity contribution in [2.24, 2.45) is 0 Å². The molecule has 2 heterocycles. The van der Waals surface area contributed by atoms with Crippen molar-refractivity contribution in [3.05, 3.63) is 64.0 Å². The highest BCUT2D eigenvalue weighted by Crippen LogP contribution is 2.28. The van der Waals surface area contributed by atoms with Gasteiger partial charge in [0.05, 0.1) is 18.3 Å². The van der Waals surface area contributed by atoms with Crippen LogP contribution in [0.4, 0.5) is 5.13 Å². The average molecular weight is 353 g/mol. The molecule has 0 atom stereocenters. The van der Waals surface area contributed by atoms with E-state index in [0.29, 0.717) is 17.6 Å². The van der Waals surface area contributed by atoms with E-state index < -0.39 is 5.76 Å². The highest BCUT2D eigenvalue weighted by molar-refractivity contribution is 7.14. The second kappa shape index (κ2) is 6.45. The summed E-state index contributed by atoms with van der Waals surface area (Å²) in [6.45, 7) is 0.628. The van der Waals surface area contributed by atoms with Crippen LogP contribution >= 0.6 is 11.3 Å². The third-order valence-corrected chi connectivity index (χ3v) is 4.64. The second-order valence-electron chi connectivity index (χ2n) is 5.43. The Balaban J connectivity index is 1.54. The van der Waals surface area contributed by atoms with Gasteiger partial charge in [-0.05, 0) is 18.2 Å². The molecule has 6 nitrogen and oxygen atoms in total. The Morgan fingerprint density at radius 1 is 1.28 bits per heavy atom. The number of aromatic nitrogens is 2. The molecule has 2 aromatic heterocycles. The smallest absolute Gasteiger partial charge is 0.417 e.